The van der Waals surface area contributed by atoms with Gasteiger partial charge in [-0.2, -0.15) is 0 Å². The minimum Gasteiger partial charge on any atom is -0.355 e. The van der Waals surface area contributed by atoms with Crippen molar-refractivity contribution in [3.8, 4) is 0 Å². The fourth-order valence-electron chi connectivity index (χ4n) is 2.10. The number of rotatable bonds is 4. The molecule has 0 atom stereocenters. The van der Waals surface area contributed by atoms with Crippen LogP contribution in [0.1, 0.15) is 50.4 Å². The summed E-state index contributed by atoms with van der Waals surface area (Å²) in [5.74, 6) is -0.354. The number of Topliss-reactive ketones (excluding diaryl/α,β-unsaturated/α-hetero) is 1. The van der Waals surface area contributed by atoms with Crippen LogP contribution in [0.3, 0.4) is 0 Å². The largest absolute Gasteiger partial charge is 0.355 e. The van der Waals surface area contributed by atoms with Crippen molar-refractivity contribution in [2.75, 3.05) is 0 Å². The third kappa shape index (κ3) is 2.47. The Kier molecular flexibility index (Phi) is 3.69. The smallest absolute Gasteiger partial charge is 0.253 e. The molecule has 0 aliphatic heterocycles. The first-order valence-electron chi connectivity index (χ1n) is 6.18. The lowest BCUT2D eigenvalue weighted by molar-refractivity contribution is 0.0948. The summed E-state index contributed by atoms with van der Waals surface area (Å²) in [4.78, 5) is 26.6. The summed E-state index contributed by atoms with van der Waals surface area (Å²) in [6.07, 6.45) is 0. The van der Waals surface area contributed by atoms with E-state index in [2.05, 4.69) is 25.2 Å². The van der Waals surface area contributed by atoms with Crippen molar-refractivity contribution in [2.24, 2.45) is 0 Å². The second kappa shape index (κ2) is 5.28. The molecule has 2 heterocycles. The predicted molar refractivity (Wildman–Crippen MR) is 70.5 cm³/mol. The lowest BCUT2D eigenvalue weighted by Crippen LogP contribution is -2.24. The summed E-state index contributed by atoms with van der Waals surface area (Å²) >= 11 is 0. The summed E-state index contributed by atoms with van der Waals surface area (Å²) in [6.45, 7) is 6.95. The predicted octanol–water partition coefficient (Wildman–Crippen LogP) is 1.46. The van der Waals surface area contributed by atoms with Crippen molar-refractivity contribution in [1.82, 2.24) is 20.6 Å². The van der Waals surface area contributed by atoms with Crippen LogP contribution in [0.4, 0.5) is 0 Å². The van der Waals surface area contributed by atoms with Crippen molar-refractivity contribution in [3.05, 3.63) is 33.9 Å². The van der Waals surface area contributed by atoms with Gasteiger partial charge in [-0.15, -0.1) is 0 Å². The van der Waals surface area contributed by atoms with Crippen LogP contribution in [0, 0.1) is 20.8 Å². The number of nitrogens with one attached hydrogen (secondary N) is 2. The molecule has 0 fully saturated rings. The van der Waals surface area contributed by atoms with E-state index in [-0.39, 0.29) is 18.2 Å². The van der Waals surface area contributed by atoms with Crippen LogP contribution < -0.4 is 5.32 Å². The van der Waals surface area contributed by atoms with E-state index in [0.717, 1.165) is 0 Å². The van der Waals surface area contributed by atoms with Crippen LogP contribution in [0.15, 0.2) is 4.63 Å². The summed E-state index contributed by atoms with van der Waals surface area (Å²) in [7, 11) is 0. The highest BCUT2D eigenvalue weighted by molar-refractivity contribution is 6.02. The van der Waals surface area contributed by atoms with Crippen molar-refractivity contribution < 1.29 is 14.2 Å². The van der Waals surface area contributed by atoms with Gasteiger partial charge in [0.15, 0.2) is 5.78 Å². The first-order valence-corrected chi connectivity index (χ1v) is 6.18. The van der Waals surface area contributed by atoms with E-state index in [1.165, 1.54) is 6.92 Å². The summed E-state index contributed by atoms with van der Waals surface area (Å²) in [6, 6.07) is 0. The van der Waals surface area contributed by atoms with E-state index in [1.807, 2.05) is 0 Å². The van der Waals surface area contributed by atoms with E-state index >= 15 is 0 Å². The van der Waals surface area contributed by atoms with Gasteiger partial charge in [-0.1, -0.05) is 10.3 Å². The standard InChI is InChI=1S/C13H16N4O3/c1-6-11(8(3)15-12(6)9(4)18)13(19)14-5-10-7(2)16-20-17-10/h15H,5H2,1-4H3,(H,14,19). The number of aromatic nitrogens is 3. The molecule has 106 valence electrons. The van der Waals surface area contributed by atoms with Gasteiger partial charge in [-0.3, -0.25) is 9.59 Å². The highest BCUT2D eigenvalue weighted by atomic mass is 16.6. The Balaban J connectivity index is 2.18. The topological polar surface area (TPSA) is 101 Å². The van der Waals surface area contributed by atoms with Crippen molar-refractivity contribution >= 4 is 11.7 Å². The number of carbonyl (C=O) groups is 2. The summed E-state index contributed by atoms with van der Waals surface area (Å²) in [5, 5.41) is 10.1. The van der Waals surface area contributed by atoms with Crippen molar-refractivity contribution in [3.63, 3.8) is 0 Å². The maximum Gasteiger partial charge on any atom is 0.253 e. The average molecular weight is 276 g/mol. The second-order valence-corrected chi connectivity index (χ2v) is 4.66. The molecular weight excluding hydrogens is 260 g/mol. The zero-order chi connectivity index (χ0) is 14.9. The van der Waals surface area contributed by atoms with Crippen LogP contribution in [0.2, 0.25) is 0 Å². The van der Waals surface area contributed by atoms with Gasteiger partial charge >= 0.3 is 0 Å². The minimum atomic E-state index is -0.258. The Morgan fingerprint density at radius 3 is 2.45 bits per heavy atom. The Morgan fingerprint density at radius 2 is 1.95 bits per heavy atom. The minimum absolute atomic E-state index is 0.0961. The number of H-pyrrole nitrogens is 1. The molecule has 2 aromatic rings. The highest BCUT2D eigenvalue weighted by Gasteiger charge is 2.20. The highest BCUT2D eigenvalue weighted by Crippen LogP contribution is 2.18. The zero-order valence-corrected chi connectivity index (χ0v) is 11.8. The lowest BCUT2D eigenvalue weighted by atomic mass is 10.1. The molecule has 2 rings (SSSR count). The number of aryl methyl sites for hydroxylation is 2. The molecule has 0 unspecified atom stereocenters. The normalized spacial score (nSPS) is 10.6. The van der Waals surface area contributed by atoms with Crippen LogP contribution in [0.25, 0.3) is 0 Å². The molecule has 0 bridgehead atoms. The molecular formula is C13H16N4O3. The van der Waals surface area contributed by atoms with E-state index in [4.69, 9.17) is 0 Å². The Labute approximate surface area is 115 Å². The number of hydrogen-bond acceptors (Lipinski definition) is 5. The lowest BCUT2D eigenvalue weighted by Gasteiger charge is -2.04. The van der Waals surface area contributed by atoms with Gasteiger partial charge in [0.25, 0.3) is 5.91 Å². The molecule has 7 heteroatoms. The van der Waals surface area contributed by atoms with E-state index in [0.29, 0.717) is 33.9 Å². The summed E-state index contributed by atoms with van der Waals surface area (Å²) in [5.41, 5.74) is 3.49. The van der Waals surface area contributed by atoms with Gasteiger partial charge in [0.05, 0.1) is 17.8 Å². The Hall–Kier alpha value is -2.44. The molecule has 2 N–H and O–H groups in total. The SMILES string of the molecule is CC(=O)c1[nH]c(C)c(C(=O)NCc2nonc2C)c1C. The number of nitrogens with zero attached hydrogens (tertiary/aromatic N) is 2. The molecule has 20 heavy (non-hydrogen) atoms. The van der Waals surface area contributed by atoms with Crippen molar-refractivity contribution in [2.45, 2.75) is 34.2 Å². The fourth-order valence-corrected chi connectivity index (χ4v) is 2.10. The third-order valence-electron chi connectivity index (χ3n) is 3.18. The Morgan fingerprint density at radius 1 is 1.25 bits per heavy atom. The van der Waals surface area contributed by atoms with Crippen LogP contribution in [0.5, 0.6) is 0 Å². The third-order valence-corrected chi connectivity index (χ3v) is 3.18. The first-order chi connectivity index (χ1) is 9.41. The number of carbonyl (C=O) groups excluding carboxylic acids is 2. The van der Waals surface area contributed by atoms with E-state index < -0.39 is 0 Å². The molecule has 0 saturated carbocycles. The number of aromatic amines is 1. The molecule has 2 aromatic heterocycles. The number of hydrogen-bond donors (Lipinski definition) is 2. The molecule has 0 radical (unpaired) electrons. The van der Waals surface area contributed by atoms with Gasteiger partial charge in [0.2, 0.25) is 0 Å². The monoisotopic (exact) mass is 276 g/mol. The first kappa shape index (κ1) is 14.0. The molecule has 0 aliphatic carbocycles. The average Bonchev–Trinajstić information content (AvgIpc) is 2.90. The van der Waals surface area contributed by atoms with Crippen LogP contribution >= 0.6 is 0 Å². The second-order valence-electron chi connectivity index (χ2n) is 4.66. The molecule has 0 saturated heterocycles. The van der Waals surface area contributed by atoms with Crippen molar-refractivity contribution in [1.29, 1.82) is 0 Å². The molecule has 7 nitrogen and oxygen atoms in total. The number of amides is 1. The van der Waals surface area contributed by atoms with Gasteiger partial charge in [0.1, 0.15) is 11.4 Å². The van der Waals surface area contributed by atoms with Gasteiger partial charge in [-0.25, -0.2) is 4.63 Å². The molecule has 0 aromatic carbocycles. The zero-order valence-electron chi connectivity index (χ0n) is 11.8. The van der Waals surface area contributed by atoms with E-state index in [1.54, 1.807) is 20.8 Å². The molecule has 0 spiro atoms. The van der Waals surface area contributed by atoms with Gasteiger partial charge in [0, 0.05) is 12.6 Å². The van der Waals surface area contributed by atoms with Crippen LogP contribution in [-0.4, -0.2) is 27.0 Å². The maximum atomic E-state index is 12.2. The van der Waals surface area contributed by atoms with Gasteiger partial charge in [-0.05, 0) is 26.3 Å². The molecule has 0 aliphatic rings. The van der Waals surface area contributed by atoms with Crippen LogP contribution in [-0.2, 0) is 6.54 Å². The van der Waals surface area contributed by atoms with Gasteiger partial charge < -0.3 is 10.3 Å². The number of ketones is 1. The quantitative estimate of drug-likeness (QED) is 0.823. The maximum absolute atomic E-state index is 12.2. The summed E-state index contributed by atoms with van der Waals surface area (Å²) < 4.78 is 4.56. The Bertz CT molecular complexity index is 669. The fraction of sp³-hybridized carbons (Fsp3) is 0.385. The molecule has 1 amide bonds. The van der Waals surface area contributed by atoms with E-state index in [9.17, 15) is 9.59 Å².